The zero-order chi connectivity index (χ0) is 24.6. The molecule has 180 valence electrons. The number of carbonyl (C=O) groups is 1. The molecular formula is C29H31ClN4O. The van der Waals surface area contributed by atoms with E-state index in [1.165, 1.54) is 5.56 Å². The van der Waals surface area contributed by atoms with Crippen LogP contribution in [0.3, 0.4) is 0 Å². The van der Waals surface area contributed by atoms with Crippen molar-refractivity contribution in [2.45, 2.75) is 39.2 Å². The largest absolute Gasteiger partial charge is 0.355 e. The van der Waals surface area contributed by atoms with Crippen LogP contribution in [0, 0.1) is 0 Å². The van der Waals surface area contributed by atoms with Gasteiger partial charge in [0.1, 0.15) is 11.6 Å². The molecule has 5 nitrogen and oxygen atoms in total. The van der Waals surface area contributed by atoms with Gasteiger partial charge in [0.25, 0.3) is 0 Å². The highest BCUT2D eigenvalue weighted by Gasteiger charge is 2.17. The van der Waals surface area contributed by atoms with E-state index < -0.39 is 0 Å². The fraction of sp³-hybridized carbons (Fsp3) is 0.276. The maximum Gasteiger partial charge on any atom is 0.222 e. The molecular weight excluding hydrogens is 456 g/mol. The molecule has 1 heterocycles. The first-order valence-corrected chi connectivity index (χ1v) is 12.5. The third-order valence-corrected chi connectivity index (χ3v) is 6.34. The molecule has 1 N–H and O–H groups in total. The Morgan fingerprint density at radius 3 is 2.40 bits per heavy atom. The molecule has 0 aliphatic rings. The lowest BCUT2D eigenvalue weighted by atomic mass is 10.1. The number of nitrogens with zero attached hydrogens (tertiary/aromatic N) is 3. The average Bonchev–Trinajstić information content (AvgIpc) is 2.89. The third-order valence-electron chi connectivity index (χ3n) is 6.10. The Balaban J connectivity index is 1.56. The van der Waals surface area contributed by atoms with E-state index in [2.05, 4.69) is 39.5 Å². The molecule has 3 aromatic carbocycles. The number of benzene rings is 3. The van der Waals surface area contributed by atoms with Crippen LogP contribution in [0.5, 0.6) is 0 Å². The fourth-order valence-corrected chi connectivity index (χ4v) is 4.31. The summed E-state index contributed by atoms with van der Waals surface area (Å²) in [6.07, 6.45) is 1.94. The van der Waals surface area contributed by atoms with Gasteiger partial charge in [0, 0.05) is 36.3 Å². The van der Waals surface area contributed by atoms with Crippen LogP contribution >= 0.6 is 11.6 Å². The molecule has 0 saturated carbocycles. The van der Waals surface area contributed by atoms with Gasteiger partial charge in [-0.05, 0) is 42.7 Å². The fourth-order valence-electron chi connectivity index (χ4n) is 4.14. The first kappa shape index (κ1) is 24.7. The third kappa shape index (κ3) is 6.58. The first-order chi connectivity index (χ1) is 17.0. The van der Waals surface area contributed by atoms with E-state index in [1.807, 2.05) is 68.4 Å². The van der Waals surface area contributed by atoms with Gasteiger partial charge in [0.05, 0.1) is 11.6 Å². The lowest BCUT2D eigenvalue weighted by molar-refractivity contribution is -0.121. The van der Waals surface area contributed by atoms with Crippen LogP contribution in [0.25, 0.3) is 10.9 Å². The molecule has 0 aliphatic heterocycles. The number of hydrogen-bond donors (Lipinski definition) is 1. The number of aromatic nitrogens is 2. The van der Waals surface area contributed by atoms with Crippen molar-refractivity contribution in [3.63, 3.8) is 0 Å². The minimum atomic E-state index is -0.0461. The zero-order valence-corrected chi connectivity index (χ0v) is 21.0. The number of rotatable bonds is 10. The number of amides is 1. The molecule has 0 fully saturated rings. The quantitative estimate of drug-likeness (QED) is 0.291. The Hall–Kier alpha value is -3.44. The van der Waals surface area contributed by atoms with Crippen LogP contribution in [0.15, 0.2) is 78.9 Å². The van der Waals surface area contributed by atoms with Crippen molar-refractivity contribution in [3.8, 4) is 0 Å². The van der Waals surface area contributed by atoms with Gasteiger partial charge >= 0.3 is 0 Å². The number of aryl methyl sites for hydroxylation is 1. The Bertz CT molecular complexity index is 1260. The van der Waals surface area contributed by atoms with Crippen molar-refractivity contribution >= 4 is 34.2 Å². The molecule has 1 aromatic heterocycles. The number of fused-ring (bicyclic) bond motifs is 1. The maximum atomic E-state index is 12.9. The SMILES string of the molecule is CCc1nc(N(CCC(=O)NC(C)c2ccccc2)CCc2ccccc2)c2ccc(Cl)cc2n1. The standard InChI is InChI=1S/C29H31ClN4O/c1-3-27-32-26-20-24(30)14-15-25(26)29(33-27)34(18-16-22-10-6-4-7-11-22)19-17-28(35)31-21(2)23-12-8-5-9-13-23/h4-15,20-21H,3,16-19H2,1-2H3,(H,31,35). The van der Waals surface area contributed by atoms with Crippen molar-refractivity contribution in [3.05, 3.63) is 101 Å². The molecule has 4 rings (SSSR count). The lowest BCUT2D eigenvalue weighted by Crippen LogP contribution is -2.34. The highest BCUT2D eigenvalue weighted by atomic mass is 35.5. The van der Waals surface area contributed by atoms with E-state index >= 15 is 0 Å². The van der Waals surface area contributed by atoms with Crippen molar-refractivity contribution in [2.24, 2.45) is 0 Å². The van der Waals surface area contributed by atoms with Gasteiger partial charge in [0.15, 0.2) is 0 Å². The van der Waals surface area contributed by atoms with Crippen molar-refractivity contribution in [1.82, 2.24) is 15.3 Å². The number of nitrogens with one attached hydrogen (secondary N) is 1. The van der Waals surface area contributed by atoms with Crippen LogP contribution < -0.4 is 10.2 Å². The number of anilines is 1. The molecule has 0 saturated heterocycles. The highest BCUT2D eigenvalue weighted by molar-refractivity contribution is 6.31. The summed E-state index contributed by atoms with van der Waals surface area (Å²) in [6, 6.07) is 26.1. The second-order valence-electron chi connectivity index (χ2n) is 8.65. The molecule has 4 aromatic rings. The number of halogens is 1. The van der Waals surface area contributed by atoms with Gasteiger partial charge in [-0.1, -0.05) is 79.2 Å². The van der Waals surface area contributed by atoms with Crippen molar-refractivity contribution in [2.75, 3.05) is 18.0 Å². The summed E-state index contributed by atoms with van der Waals surface area (Å²) >= 11 is 6.26. The summed E-state index contributed by atoms with van der Waals surface area (Å²) in [5.41, 5.74) is 3.16. The van der Waals surface area contributed by atoms with Gasteiger partial charge in [-0.15, -0.1) is 0 Å². The van der Waals surface area contributed by atoms with Crippen LogP contribution in [-0.2, 0) is 17.6 Å². The van der Waals surface area contributed by atoms with E-state index in [0.29, 0.717) is 18.0 Å². The van der Waals surface area contributed by atoms with Crippen molar-refractivity contribution in [1.29, 1.82) is 0 Å². The molecule has 1 atom stereocenters. The van der Waals surface area contributed by atoms with E-state index in [4.69, 9.17) is 16.6 Å². The molecule has 1 unspecified atom stereocenters. The second-order valence-corrected chi connectivity index (χ2v) is 9.09. The lowest BCUT2D eigenvalue weighted by Gasteiger charge is -2.26. The molecule has 6 heteroatoms. The summed E-state index contributed by atoms with van der Waals surface area (Å²) in [4.78, 5) is 24.7. The minimum Gasteiger partial charge on any atom is -0.355 e. The molecule has 35 heavy (non-hydrogen) atoms. The predicted octanol–water partition coefficient (Wildman–Crippen LogP) is 6.16. The van der Waals surface area contributed by atoms with E-state index in [1.54, 1.807) is 0 Å². The van der Waals surface area contributed by atoms with E-state index in [0.717, 1.165) is 47.5 Å². The van der Waals surface area contributed by atoms with Gasteiger partial charge in [0.2, 0.25) is 5.91 Å². The summed E-state index contributed by atoms with van der Waals surface area (Å²) in [7, 11) is 0. The van der Waals surface area contributed by atoms with Gasteiger partial charge in [-0.25, -0.2) is 9.97 Å². The minimum absolute atomic E-state index is 0.0168. The molecule has 0 spiro atoms. The normalized spacial score (nSPS) is 11.9. The van der Waals surface area contributed by atoms with E-state index in [-0.39, 0.29) is 11.9 Å². The molecule has 0 aliphatic carbocycles. The molecule has 0 radical (unpaired) electrons. The van der Waals surface area contributed by atoms with E-state index in [9.17, 15) is 4.79 Å². The maximum absolute atomic E-state index is 12.9. The van der Waals surface area contributed by atoms with Crippen molar-refractivity contribution < 1.29 is 4.79 Å². The highest BCUT2D eigenvalue weighted by Crippen LogP contribution is 2.27. The van der Waals surface area contributed by atoms with Crippen LogP contribution in [0.4, 0.5) is 5.82 Å². The smallest absolute Gasteiger partial charge is 0.222 e. The molecule has 1 amide bonds. The summed E-state index contributed by atoms with van der Waals surface area (Å²) in [5.74, 6) is 1.63. The Morgan fingerprint density at radius 2 is 1.69 bits per heavy atom. The Kier molecular flexibility index (Phi) is 8.32. The summed E-state index contributed by atoms with van der Waals surface area (Å²) in [6.45, 7) is 5.35. The topological polar surface area (TPSA) is 58.1 Å². The molecule has 0 bridgehead atoms. The monoisotopic (exact) mass is 486 g/mol. The Labute approximate surface area is 212 Å². The predicted molar refractivity (Wildman–Crippen MR) is 144 cm³/mol. The van der Waals surface area contributed by atoms with Crippen LogP contribution in [0.2, 0.25) is 5.02 Å². The van der Waals surface area contributed by atoms with Crippen LogP contribution in [-0.4, -0.2) is 29.0 Å². The summed E-state index contributed by atoms with van der Waals surface area (Å²) in [5, 5.41) is 4.72. The zero-order valence-electron chi connectivity index (χ0n) is 20.2. The Morgan fingerprint density at radius 1 is 0.971 bits per heavy atom. The second kappa shape index (κ2) is 11.8. The van der Waals surface area contributed by atoms with Gasteiger partial charge < -0.3 is 10.2 Å². The average molecular weight is 487 g/mol. The van der Waals surface area contributed by atoms with Crippen LogP contribution in [0.1, 0.15) is 43.3 Å². The van der Waals surface area contributed by atoms with Gasteiger partial charge in [-0.3, -0.25) is 4.79 Å². The summed E-state index contributed by atoms with van der Waals surface area (Å²) < 4.78 is 0. The first-order valence-electron chi connectivity index (χ1n) is 12.1. The number of carbonyl (C=O) groups excluding carboxylic acids is 1. The van der Waals surface area contributed by atoms with Gasteiger partial charge in [-0.2, -0.15) is 0 Å². The number of hydrogen-bond acceptors (Lipinski definition) is 4.